The number of benzene rings is 1. The van der Waals surface area contributed by atoms with E-state index in [0.29, 0.717) is 6.54 Å². The van der Waals surface area contributed by atoms with Gasteiger partial charge in [0.1, 0.15) is 11.6 Å². The molecule has 0 bridgehead atoms. The number of hydrogen-bond acceptors (Lipinski definition) is 2. The number of halogens is 3. The van der Waals surface area contributed by atoms with Gasteiger partial charge in [0.15, 0.2) is 0 Å². The molecule has 0 fully saturated rings. The molecule has 0 unspecified atom stereocenters. The molecular formula is C13H11BrF2N2. The van der Waals surface area contributed by atoms with Crippen LogP contribution in [0.3, 0.4) is 0 Å². The monoisotopic (exact) mass is 312 g/mol. The van der Waals surface area contributed by atoms with Gasteiger partial charge in [-0.2, -0.15) is 0 Å². The summed E-state index contributed by atoms with van der Waals surface area (Å²) in [5, 5.41) is 2.82. The number of aryl methyl sites for hydroxylation is 1. The van der Waals surface area contributed by atoms with E-state index in [4.69, 9.17) is 0 Å². The van der Waals surface area contributed by atoms with Gasteiger partial charge in [0.05, 0.1) is 22.4 Å². The van der Waals surface area contributed by atoms with Crippen molar-refractivity contribution in [3.63, 3.8) is 0 Å². The van der Waals surface area contributed by atoms with Crippen molar-refractivity contribution in [1.29, 1.82) is 0 Å². The third-order valence-corrected chi connectivity index (χ3v) is 3.05. The Morgan fingerprint density at radius 3 is 2.67 bits per heavy atom. The van der Waals surface area contributed by atoms with Gasteiger partial charge in [0.25, 0.3) is 0 Å². The zero-order valence-electron chi connectivity index (χ0n) is 9.67. The summed E-state index contributed by atoms with van der Waals surface area (Å²) in [5.74, 6) is -1.01. The second-order valence-electron chi connectivity index (χ2n) is 3.93. The standard InChI is InChI=1S/C13H11BrF2N2/c1-8-2-3-9(17-6-8)7-18-13-5-11(15)10(14)4-12(13)16/h2-6,18H,7H2,1H3. The highest BCUT2D eigenvalue weighted by Crippen LogP contribution is 2.23. The predicted octanol–water partition coefficient (Wildman–Crippen LogP) is 4.04. The van der Waals surface area contributed by atoms with E-state index in [9.17, 15) is 8.78 Å². The van der Waals surface area contributed by atoms with Crippen LogP contribution in [0.2, 0.25) is 0 Å². The van der Waals surface area contributed by atoms with Gasteiger partial charge in [-0.25, -0.2) is 8.78 Å². The molecule has 0 saturated heterocycles. The minimum absolute atomic E-state index is 0.110. The van der Waals surface area contributed by atoms with Crippen molar-refractivity contribution in [1.82, 2.24) is 4.98 Å². The molecular weight excluding hydrogens is 302 g/mol. The summed E-state index contributed by atoms with van der Waals surface area (Å²) in [6, 6.07) is 5.98. The van der Waals surface area contributed by atoms with E-state index in [0.717, 1.165) is 23.4 Å². The fourth-order valence-electron chi connectivity index (χ4n) is 1.45. The van der Waals surface area contributed by atoms with Crippen LogP contribution >= 0.6 is 15.9 Å². The average molecular weight is 313 g/mol. The van der Waals surface area contributed by atoms with Crippen LogP contribution in [-0.4, -0.2) is 4.98 Å². The highest BCUT2D eigenvalue weighted by atomic mass is 79.9. The summed E-state index contributed by atoms with van der Waals surface area (Å²) in [6.45, 7) is 2.28. The summed E-state index contributed by atoms with van der Waals surface area (Å²) in [6.07, 6.45) is 1.73. The van der Waals surface area contributed by atoms with Gasteiger partial charge >= 0.3 is 0 Å². The molecule has 5 heteroatoms. The number of nitrogens with one attached hydrogen (secondary N) is 1. The molecule has 1 heterocycles. The lowest BCUT2D eigenvalue weighted by molar-refractivity contribution is 0.596. The molecule has 0 aliphatic rings. The fraction of sp³-hybridized carbons (Fsp3) is 0.154. The zero-order valence-corrected chi connectivity index (χ0v) is 11.3. The van der Waals surface area contributed by atoms with Crippen LogP contribution < -0.4 is 5.32 Å². The smallest absolute Gasteiger partial charge is 0.147 e. The molecule has 2 aromatic rings. The van der Waals surface area contributed by atoms with Gasteiger partial charge < -0.3 is 5.32 Å². The second kappa shape index (κ2) is 5.44. The van der Waals surface area contributed by atoms with Crippen molar-refractivity contribution < 1.29 is 8.78 Å². The maximum Gasteiger partial charge on any atom is 0.147 e. The Labute approximate surface area is 112 Å². The van der Waals surface area contributed by atoms with Crippen LogP contribution in [0, 0.1) is 18.6 Å². The minimum atomic E-state index is -0.504. The Morgan fingerprint density at radius 2 is 2.00 bits per heavy atom. The molecule has 0 spiro atoms. The lowest BCUT2D eigenvalue weighted by Gasteiger charge is -2.08. The van der Waals surface area contributed by atoms with E-state index in [-0.39, 0.29) is 10.2 Å². The van der Waals surface area contributed by atoms with E-state index in [1.165, 1.54) is 0 Å². The Morgan fingerprint density at radius 1 is 1.22 bits per heavy atom. The van der Waals surface area contributed by atoms with Crippen LogP contribution in [0.5, 0.6) is 0 Å². The Kier molecular flexibility index (Phi) is 3.91. The predicted molar refractivity (Wildman–Crippen MR) is 70.4 cm³/mol. The van der Waals surface area contributed by atoms with E-state index in [1.807, 2.05) is 19.1 Å². The van der Waals surface area contributed by atoms with Crippen molar-refractivity contribution in [3.8, 4) is 0 Å². The van der Waals surface area contributed by atoms with Crippen molar-refractivity contribution in [3.05, 3.63) is 57.8 Å². The molecule has 2 nitrogen and oxygen atoms in total. The first-order valence-electron chi connectivity index (χ1n) is 5.36. The van der Waals surface area contributed by atoms with Gasteiger partial charge in [0.2, 0.25) is 0 Å². The highest BCUT2D eigenvalue weighted by molar-refractivity contribution is 9.10. The van der Waals surface area contributed by atoms with E-state index < -0.39 is 11.6 Å². The number of hydrogen-bond donors (Lipinski definition) is 1. The number of nitrogens with zero attached hydrogens (tertiary/aromatic N) is 1. The summed E-state index contributed by atoms with van der Waals surface area (Å²) < 4.78 is 26.9. The van der Waals surface area contributed by atoms with Gasteiger partial charge in [-0.3, -0.25) is 4.98 Å². The Balaban J connectivity index is 2.10. The van der Waals surface area contributed by atoms with E-state index in [2.05, 4.69) is 26.2 Å². The molecule has 0 amide bonds. The van der Waals surface area contributed by atoms with Crippen molar-refractivity contribution in [2.45, 2.75) is 13.5 Å². The molecule has 1 aromatic carbocycles. The largest absolute Gasteiger partial charge is 0.377 e. The molecule has 1 aromatic heterocycles. The maximum absolute atomic E-state index is 13.5. The first-order chi connectivity index (χ1) is 8.56. The zero-order chi connectivity index (χ0) is 13.1. The molecule has 1 N–H and O–H groups in total. The number of rotatable bonds is 3. The summed E-state index contributed by atoms with van der Waals surface area (Å²) in [4.78, 5) is 4.18. The van der Waals surface area contributed by atoms with Crippen molar-refractivity contribution in [2.75, 3.05) is 5.32 Å². The van der Waals surface area contributed by atoms with Crippen LogP contribution in [0.1, 0.15) is 11.3 Å². The molecule has 0 radical (unpaired) electrons. The van der Waals surface area contributed by atoms with Gasteiger partial charge in [0, 0.05) is 12.3 Å². The van der Waals surface area contributed by atoms with Crippen LogP contribution in [0.4, 0.5) is 14.5 Å². The average Bonchev–Trinajstić information content (AvgIpc) is 2.34. The van der Waals surface area contributed by atoms with Crippen molar-refractivity contribution >= 4 is 21.6 Å². The molecule has 0 aliphatic carbocycles. The molecule has 94 valence electrons. The van der Waals surface area contributed by atoms with Gasteiger partial charge in [-0.1, -0.05) is 6.07 Å². The first kappa shape index (κ1) is 13.0. The Hall–Kier alpha value is -1.49. The molecule has 0 saturated carbocycles. The van der Waals surface area contributed by atoms with E-state index in [1.54, 1.807) is 6.20 Å². The minimum Gasteiger partial charge on any atom is -0.377 e. The second-order valence-corrected chi connectivity index (χ2v) is 4.78. The first-order valence-corrected chi connectivity index (χ1v) is 6.15. The lowest BCUT2D eigenvalue weighted by atomic mass is 10.2. The lowest BCUT2D eigenvalue weighted by Crippen LogP contribution is -2.04. The van der Waals surface area contributed by atoms with Gasteiger partial charge in [-0.15, -0.1) is 0 Å². The van der Waals surface area contributed by atoms with Crippen LogP contribution in [0.15, 0.2) is 34.9 Å². The molecule has 2 rings (SSSR count). The fourth-order valence-corrected chi connectivity index (χ4v) is 1.76. The third kappa shape index (κ3) is 3.04. The molecule has 0 atom stereocenters. The summed E-state index contributed by atoms with van der Waals surface area (Å²) >= 11 is 2.93. The van der Waals surface area contributed by atoms with Crippen molar-refractivity contribution in [2.24, 2.45) is 0 Å². The third-order valence-electron chi connectivity index (χ3n) is 2.44. The van der Waals surface area contributed by atoms with E-state index >= 15 is 0 Å². The normalized spacial score (nSPS) is 10.4. The number of aromatic nitrogens is 1. The maximum atomic E-state index is 13.5. The highest BCUT2D eigenvalue weighted by Gasteiger charge is 2.07. The SMILES string of the molecule is Cc1ccc(CNc2cc(F)c(Br)cc2F)nc1. The molecule has 0 aliphatic heterocycles. The van der Waals surface area contributed by atoms with Crippen LogP contribution in [0.25, 0.3) is 0 Å². The quantitative estimate of drug-likeness (QED) is 0.865. The van der Waals surface area contributed by atoms with Crippen LogP contribution in [-0.2, 0) is 6.54 Å². The topological polar surface area (TPSA) is 24.9 Å². The summed E-state index contributed by atoms with van der Waals surface area (Å²) in [7, 11) is 0. The molecule has 18 heavy (non-hydrogen) atoms. The number of pyridine rings is 1. The van der Waals surface area contributed by atoms with Gasteiger partial charge in [-0.05, 0) is 40.5 Å². The number of anilines is 1. The summed E-state index contributed by atoms with van der Waals surface area (Å²) in [5.41, 5.74) is 1.95. The Bertz CT molecular complexity index is 556.